The summed E-state index contributed by atoms with van der Waals surface area (Å²) in [5, 5.41) is 9.39. The van der Waals surface area contributed by atoms with Crippen LogP contribution >= 0.6 is 11.6 Å². The Morgan fingerprint density at radius 1 is 1.26 bits per heavy atom. The van der Waals surface area contributed by atoms with Crippen molar-refractivity contribution in [2.75, 3.05) is 0 Å². The zero-order valence-electron chi connectivity index (χ0n) is 11.4. The first-order valence-electron chi connectivity index (χ1n) is 6.55. The fourth-order valence-corrected chi connectivity index (χ4v) is 2.52. The van der Waals surface area contributed by atoms with E-state index in [1.807, 2.05) is 44.2 Å². The molecule has 1 N–H and O–H groups in total. The number of ether oxygens (including phenoxy) is 1. The topological polar surface area (TPSA) is 46.5 Å². The van der Waals surface area contributed by atoms with Crippen LogP contribution in [-0.2, 0) is 9.53 Å². The van der Waals surface area contributed by atoms with Crippen molar-refractivity contribution < 1.29 is 14.6 Å². The van der Waals surface area contributed by atoms with E-state index in [2.05, 4.69) is 0 Å². The molecule has 0 spiro atoms. The van der Waals surface area contributed by atoms with Gasteiger partial charge in [-0.05, 0) is 44.7 Å². The number of hydrogen-bond acceptors (Lipinski definition) is 2. The number of aliphatic carboxylic acids is 1. The van der Waals surface area contributed by atoms with E-state index in [0.29, 0.717) is 5.92 Å². The van der Waals surface area contributed by atoms with E-state index < -0.39 is 5.97 Å². The van der Waals surface area contributed by atoms with E-state index in [-0.39, 0.29) is 18.6 Å². The third-order valence-corrected chi connectivity index (χ3v) is 3.24. The SMILES string of the molecule is CC1CC(CC(=O)O)CC(C)O1.Clc1ccccc1. The van der Waals surface area contributed by atoms with Gasteiger partial charge in [-0.1, -0.05) is 29.8 Å². The number of rotatable bonds is 2. The highest BCUT2D eigenvalue weighted by Gasteiger charge is 2.25. The zero-order chi connectivity index (χ0) is 14.3. The van der Waals surface area contributed by atoms with Gasteiger partial charge in [0.1, 0.15) is 0 Å². The molecule has 1 aliphatic rings. The van der Waals surface area contributed by atoms with Gasteiger partial charge in [-0.3, -0.25) is 4.79 Å². The Hall–Kier alpha value is -1.06. The second-order valence-electron chi connectivity index (χ2n) is 4.99. The van der Waals surface area contributed by atoms with Crippen LogP contribution in [0.1, 0.15) is 33.1 Å². The van der Waals surface area contributed by atoms with Crippen molar-refractivity contribution in [2.24, 2.45) is 5.92 Å². The second kappa shape index (κ2) is 8.18. The summed E-state index contributed by atoms with van der Waals surface area (Å²) in [7, 11) is 0. The van der Waals surface area contributed by atoms with Crippen molar-refractivity contribution in [3.8, 4) is 0 Å². The standard InChI is InChI=1S/C9H16O3.C6H5Cl/c1-6-3-8(5-9(10)11)4-7(2)12-6;7-6-4-2-1-3-5-6/h6-8H,3-5H2,1-2H3,(H,10,11);1-5H. The fourth-order valence-electron chi connectivity index (χ4n) is 2.37. The molecule has 4 heteroatoms. The minimum absolute atomic E-state index is 0.220. The third-order valence-electron chi connectivity index (χ3n) is 2.99. The molecule has 106 valence electrons. The second-order valence-corrected chi connectivity index (χ2v) is 5.42. The molecule has 0 aliphatic carbocycles. The van der Waals surface area contributed by atoms with Crippen LogP contribution in [0.4, 0.5) is 0 Å². The molecule has 3 nitrogen and oxygen atoms in total. The van der Waals surface area contributed by atoms with Crippen molar-refractivity contribution in [3.63, 3.8) is 0 Å². The highest BCUT2D eigenvalue weighted by molar-refractivity contribution is 6.30. The summed E-state index contributed by atoms with van der Waals surface area (Å²) >= 11 is 5.54. The lowest BCUT2D eigenvalue weighted by atomic mass is 9.90. The molecule has 2 unspecified atom stereocenters. The van der Waals surface area contributed by atoms with Gasteiger partial charge in [-0.2, -0.15) is 0 Å². The molecule has 1 fully saturated rings. The summed E-state index contributed by atoms with van der Waals surface area (Å²) in [6.45, 7) is 4.01. The molecule has 0 amide bonds. The lowest BCUT2D eigenvalue weighted by Gasteiger charge is -2.31. The lowest BCUT2D eigenvalue weighted by molar-refractivity contribution is -0.140. The number of halogens is 1. The Morgan fingerprint density at radius 3 is 2.16 bits per heavy atom. The van der Waals surface area contributed by atoms with E-state index in [9.17, 15) is 4.79 Å². The van der Waals surface area contributed by atoms with E-state index in [1.54, 1.807) is 0 Å². The van der Waals surface area contributed by atoms with Crippen LogP contribution in [0.5, 0.6) is 0 Å². The van der Waals surface area contributed by atoms with Gasteiger partial charge in [-0.15, -0.1) is 0 Å². The molecular formula is C15H21ClO3. The van der Waals surface area contributed by atoms with Gasteiger partial charge in [0, 0.05) is 11.4 Å². The van der Waals surface area contributed by atoms with Crippen LogP contribution in [0.2, 0.25) is 5.02 Å². The van der Waals surface area contributed by atoms with Crippen LogP contribution in [-0.4, -0.2) is 23.3 Å². The van der Waals surface area contributed by atoms with Gasteiger partial charge < -0.3 is 9.84 Å². The summed E-state index contributed by atoms with van der Waals surface area (Å²) < 4.78 is 5.51. The number of hydrogen-bond donors (Lipinski definition) is 1. The monoisotopic (exact) mass is 284 g/mol. The first kappa shape index (κ1) is 16.0. The summed E-state index contributed by atoms with van der Waals surface area (Å²) in [4.78, 5) is 10.4. The number of carbonyl (C=O) groups is 1. The van der Waals surface area contributed by atoms with Crippen LogP contribution < -0.4 is 0 Å². The van der Waals surface area contributed by atoms with Gasteiger partial charge in [0.25, 0.3) is 0 Å². The number of carboxylic acid groups (broad SMARTS) is 1. The van der Waals surface area contributed by atoms with Crippen molar-refractivity contribution in [1.29, 1.82) is 0 Å². The van der Waals surface area contributed by atoms with Gasteiger partial charge in [-0.25, -0.2) is 0 Å². The molecule has 1 heterocycles. The molecule has 1 saturated heterocycles. The van der Waals surface area contributed by atoms with Crippen LogP contribution in [0.15, 0.2) is 30.3 Å². The normalized spacial score (nSPS) is 26.2. The van der Waals surface area contributed by atoms with E-state index in [4.69, 9.17) is 21.4 Å². The Bertz CT molecular complexity index is 370. The first-order valence-corrected chi connectivity index (χ1v) is 6.93. The highest BCUT2D eigenvalue weighted by atomic mass is 35.5. The molecule has 2 rings (SSSR count). The van der Waals surface area contributed by atoms with Crippen LogP contribution in [0.3, 0.4) is 0 Å². The summed E-state index contributed by atoms with van der Waals surface area (Å²) in [5.74, 6) is -0.387. The van der Waals surface area contributed by atoms with E-state index in [1.165, 1.54) is 0 Å². The molecule has 0 aromatic heterocycles. The maximum Gasteiger partial charge on any atom is 0.303 e. The molecule has 1 aromatic rings. The highest BCUT2D eigenvalue weighted by Crippen LogP contribution is 2.26. The predicted octanol–water partition coefficient (Wildman–Crippen LogP) is 4.00. The number of benzene rings is 1. The van der Waals surface area contributed by atoms with Crippen molar-refractivity contribution in [1.82, 2.24) is 0 Å². The smallest absolute Gasteiger partial charge is 0.303 e. The molecule has 19 heavy (non-hydrogen) atoms. The molecule has 0 bridgehead atoms. The molecular weight excluding hydrogens is 264 g/mol. The van der Waals surface area contributed by atoms with Crippen molar-refractivity contribution >= 4 is 17.6 Å². The van der Waals surface area contributed by atoms with Crippen molar-refractivity contribution in [2.45, 2.75) is 45.3 Å². The van der Waals surface area contributed by atoms with Crippen LogP contribution in [0, 0.1) is 5.92 Å². The van der Waals surface area contributed by atoms with Gasteiger partial charge in [0.15, 0.2) is 0 Å². The lowest BCUT2D eigenvalue weighted by Crippen LogP contribution is -2.30. The minimum Gasteiger partial charge on any atom is -0.481 e. The summed E-state index contributed by atoms with van der Waals surface area (Å²) in [5.41, 5.74) is 0. The average molecular weight is 285 g/mol. The largest absolute Gasteiger partial charge is 0.481 e. The molecule has 0 saturated carbocycles. The fraction of sp³-hybridized carbons (Fsp3) is 0.533. The minimum atomic E-state index is -0.693. The van der Waals surface area contributed by atoms with Gasteiger partial charge in [0.2, 0.25) is 0 Å². The Balaban J connectivity index is 0.000000218. The Kier molecular flexibility index (Phi) is 6.89. The maximum absolute atomic E-state index is 10.4. The van der Waals surface area contributed by atoms with Crippen molar-refractivity contribution in [3.05, 3.63) is 35.4 Å². The molecule has 1 aromatic carbocycles. The van der Waals surface area contributed by atoms with Gasteiger partial charge >= 0.3 is 5.97 Å². The summed E-state index contributed by atoms with van der Waals surface area (Å²) in [6.07, 6.45) is 2.50. The Morgan fingerprint density at radius 2 is 1.79 bits per heavy atom. The molecule has 0 radical (unpaired) electrons. The van der Waals surface area contributed by atoms with Gasteiger partial charge in [0.05, 0.1) is 12.2 Å². The maximum atomic E-state index is 10.4. The third kappa shape index (κ3) is 7.19. The predicted molar refractivity (Wildman–Crippen MR) is 76.4 cm³/mol. The van der Waals surface area contributed by atoms with Crippen LogP contribution in [0.25, 0.3) is 0 Å². The zero-order valence-corrected chi connectivity index (χ0v) is 12.1. The molecule has 1 aliphatic heterocycles. The number of carboxylic acids is 1. The molecule has 2 atom stereocenters. The first-order chi connectivity index (χ1) is 8.97. The summed E-state index contributed by atoms with van der Waals surface area (Å²) in [6, 6.07) is 9.44. The Labute approximate surface area is 119 Å². The van der Waals surface area contributed by atoms with E-state index >= 15 is 0 Å². The van der Waals surface area contributed by atoms with E-state index in [0.717, 1.165) is 17.9 Å². The quantitative estimate of drug-likeness (QED) is 0.893. The average Bonchev–Trinajstić information content (AvgIpc) is 2.28.